The van der Waals surface area contributed by atoms with Crippen molar-refractivity contribution in [3.05, 3.63) is 61.6 Å². The van der Waals surface area contributed by atoms with Crippen LogP contribution >= 0.6 is 45.8 Å². The summed E-state index contributed by atoms with van der Waals surface area (Å²) < 4.78 is 28.5. The third-order valence-corrected chi connectivity index (χ3v) is 7.49. The zero-order valence-corrected chi connectivity index (χ0v) is 17.8. The zero-order valence-electron chi connectivity index (χ0n) is 13.3. The van der Waals surface area contributed by atoms with Crippen LogP contribution in [0.3, 0.4) is 0 Å². The molecule has 9 heteroatoms. The number of nitrogens with zero attached hydrogens (tertiary/aromatic N) is 1. The van der Waals surface area contributed by atoms with Gasteiger partial charge in [-0.1, -0.05) is 35.3 Å². The van der Waals surface area contributed by atoms with Crippen molar-refractivity contribution < 1.29 is 18.3 Å². The van der Waals surface area contributed by atoms with Gasteiger partial charge in [0.2, 0.25) is 10.0 Å². The van der Waals surface area contributed by atoms with E-state index in [1.54, 1.807) is 24.3 Å². The van der Waals surface area contributed by atoms with Crippen LogP contribution in [-0.2, 0) is 20.4 Å². The van der Waals surface area contributed by atoms with Gasteiger partial charge < -0.3 is 5.11 Å². The van der Waals surface area contributed by atoms with Crippen molar-refractivity contribution in [3.8, 4) is 0 Å². The zero-order chi connectivity index (χ0) is 19.1. The summed E-state index contributed by atoms with van der Waals surface area (Å²) in [6.07, 6.45) is 0.627. The van der Waals surface area contributed by atoms with E-state index in [0.29, 0.717) is 12.0 Å². The van der Waals surface area contributed by atoms with Gasteiger partial charge in [0.25, 0.3) is 0 Å². The highest BCUT2D eigenvalue weighted by molar-refractivity contribution is 14.1. The number of carbonyl (C=O) groups is 1. The van der Waals surface area contributed by atoms with Crippen molar-refractivity contribution in [1.29, 1.82) is 0 Å². The largest absolute Gasteiger partial charge is 0.480 e. The first kappa shape index (κ1) is 19.9. The molecule has 1 fully saturated rings. The first-order chi connectivity index (χ1) is 12.2. The summed E-state index contributed by atoms with van der Waals surface area (Å²) in [4.78, 5) is 12.2. The average Bonchev–Trinajstić information content (AvgIpc) is 3.01. The van der Waals surface area contributed by atoms with Gasteiger partial charge in [0, 0.05) is 20.2 Å². The van der Waals surface area contributed by atoms with E-state index >= 15 is 0 Å². The van der Waals surface area contributed by atoms with Gasteiger partial charge >= 0.3 is 5.97 Å². The molecule has 1 heterocycles. The Morgan fingerprint density at radius 2 is 1.69 bits per heavy atom. The highest BCUT2D eigenvalue weighted by Crippen LogP contribution is 2.43. The molecule has 26 heavy (non-hydrogen) atoms. The molecule has 0 amide bonds. The van der Waals surface area contributed by atoms with E-state index in [-0.39, 0.29) is 27.9 Å². The fraction of sp³-hybridized carbons (Fsp3) is 0.235. The van der Waals surface area contributed by atoms with Gasteiger partial charge in [0.15, 0.2) is 5.54 Å². The molecule has 0 radical (unpaired) electrons. The van der Waals surface area contributed by atoms with Gasteiger partial charge in [-0.3, -0.25) is 0 Å². The van der Waals surface area contributed by atoms with Crippen molar-refractivity contribution in [2.24, 2.45) is 0 Å². The number of aliphatic carboxylic acids is 1. The second-order valence-electron chi connectivity index (χ2n) is 5.96. The molecule has 0 saturated carbocycles. The average molecular weight is 526 g/mol. The van der Waals surface area contributed by atoms with Crippen LogP contribution in [0.25, 0.3) is 0 Å². The first-order valence-corrected chi connectivity index (χ1v) is 10.9. The van der Waals surface area contributed by atoms with Crippen molar-refractivity contribution in [2.75, 3.05) is 6.54 Å². The second-order valence-corrected chi connectivity index (χ2v) is 9.94. The normalized spacial score (nSPS) is 21.0. The summed E-state index contributed by atoms with van der Waals surface area (Å²) in [7, 11) is -4.11. The molecular weight excluding hydrogens is 512 g/mol. The fourth-order valence-electron chi connectivity index (χ4n) is 3.28. The Hall–Kier alpha value is -0.870. The van der Waals surface area contributed by atoms with Crippen molar-refractivity contribution in [2.45, 2.75) is 23.3 Å². The number of hydrogen-bond donors (Lipinski definition) is 1. The Kier molecular flexibility index (Phi) is 5.56. The van der Waals surface area contributed by atoms with Gasteiger partial charge in [-0.15, -0.1) is 0 Å². The summed E-state index contributed by atoms with van der Waals surface area (Å²) in [5.41, 5.74) is -1.22. The molecule has 1 N–H and O–H groups in total. The van der Waals surface area contributed by atoms with Crippen LogP contribution in [0.4, 0.5) is 0 Å². The monoisotopic (exact) mass is 525 g/mol. The van der Waals surface area contributed by atoms with E-state index in [2.05, 4.69) is 22.6 Å². The lowest BCUT2D eigenvalue weighted by molar-refractivity contribution is -0.147. The third-order valence-electron chi connectivity index (χ3n) is 4.43. The number of halogens is 3. The smallest absolute Gasteiger partial charge is 0.329 e. The van der Waals surface area contributed by atoms with Crippen molar-refractivity contribution >= 4 is 61.8 Å². The Labute approximate surface area is 175 Å². The van der Waals surface area contributed by atoms with Crippen LogP contribution in [0.5, 0.6) is 0 Å². The van der Waals surface area contributed by atoms with E-state index in [0.717, 1.165) is 7.88 Å². The van der Waals surface area contributed by atoms with E-state index < -0.39 is 21.5 Å². The molecule has 1 atom stereocenters. The lowest BCUT2D eigenvalue weighted by atomic mass is 9.88. The maximum atomic E-state index is 13.2. The SMILES string of the molecule is O=C(O)C1(c2ccc(I)cc2)CCCN1S(=O)(=O)c1cc(Cl)cc(Cl)c1. The van der Waals surface area contributed by atoms with Gasteiger partial charge in [-0.2, -0.15) is 4.31 Å². The molecule has 0 aliphatic carbocycles. The minimum absolute atomic E-state index is 0.102. The second kappa shape index (κ2) is 7.27. The maximum absolute atomic E-state index is 13.2. The van der Waals surface area contributed by atoms with Crippen LogP contribution in [0.15, 0.2) is 47.4 Å². The molecule has 0 spiro atoms. The first-order valence-electron chi connectivity index (χ1n) is 7.66. The Bertz CT molecular complexity index is 945. The molecule has 5 nitrogen and oxygen atoms in total. The maximum Gasteiger partial charge on any atom is 0.329 e. The van der Waals surface area contributed by atoms with E-state index in [1.165, 1.54) is 18.2 Å². The number of rotatable bonds is 4. The molecule has 1 aliphatic rings. The van der Waals surface area contributed by atoms with Crippen LogP contribution in [-0.4, -0.2) is 30.3 Å². The van der Waals surface area contributed by atoms with E-state index in [4.69, 9.17) is 23.2 Å². The number of carboxylic acid groups (broad SMARTS) is 1. The Morgan fingerprint density at radius 3 is 2.23 bits per heavy atom. The minimum atomic E-state index is -4.11. The molecule has 1 saturated heterocycles. The molecule has 138 valence electrons. The Balaban J connectivity index is 2.18. The lowest BCUT2D eigenvalue weighted by Gasteiger charge is -2.34. The third kappa shape index (κ3) is 3.35. The van der Waals surface area contributed by atoms with Gasteiger partial charge in [0.1, 0.15) is 0 Å². The fourth-order valence-corrected chi connectivity index (χ4v) is 6.15. The molecule has 0 bridgehead atoms. The predicted octanol–water partition coefficient (Wildman–Crippen LogP) is 4.36. The summed E-state index contributed by atoms with van der Waals surface area (Å²) in [6.45, 7) is 0.102. The highest BCUT2D eigenvalue weighted by atomic mass is 127. The summed E-state index contributed by atoms with van der Waals surface area (Å²) in [5, 5.41) is 10.4. The molecule has 2 aromatic rings. The standard InChI is InChI=1S/C17H14Cl2INO4S/c18-12-8-13(19)10-15(9-12)26(24,25)21-7-1-6-17(21,16(22)23)11-2-4-14(20)5-3-11/h2-5,8-10H,1,6-7H2,(H,22,23). The summed E-state index contributed by atoms with van der Waals surface area (Å²) in [6, 6.07) is 10.8. The molecule has 2 aromatic carbocycles. The van der Waals surface area contributed by atoms with E-state index in [1.807, 2.05) is 0 Å². The quantitative estimate of drug-likeness (QED) is 0.602. The Morgan fingerprint density at radius 1 is 1.12 bits per heavy atom. The minimum Gasteiger partial charge on any atom is -0.480 e. The predicted molar refractivity (Wildman–Crippen MR) is 108 cm³/mol. The summed E-state index contributed by atoms with van der Waals surface area (Å²) in [5.74, 6) is -1.20. The number of carboxylic acids is 1. The summed E-state index contributed by atoms with van der Waals surface area (Å²) >= 11 is 14.0. The van der Waals surface area contributed by atoms with Crippen LogP contribution in [0.1, 0.15) is 18.4 Å². The number of hydrogen-bond acceptors (Lipinski definition) is 3. The van der Waals surface area contributed by atoms with Crippen LogP contribution in [0, 0.1) is 3.57 Å². The molecule has 0 aromatic heterocycles. The number of sulfonamides is 1. The highest BCUT2D eigenvalue weighted by Gasteiger charge is 2.54. The van der Waals surface area contributed by atoms with Gasteiger partial charge in [-0.05, 0) is 71.3 Å². The van der Waals surface area contributed by atoms with Crippen LogP contribution < -0.4 is 0 Å². The van der Waals surface area contributed by atoms with Crippen LogP contribution in [0.2, 0.25) is 10.0 Å². The van der Waals surface area contributed by atoms with Gasteiger partial charge in [-0.25, -0.2) is 13.2 Å². The number of benzene rings is 2. The van der Waals surface area contributed by atoms with Gasteiger partial charge in [0.05, 0.1) is 4.90 Å². The van der Waals surface area contributed by atoms with Crippen molar-refractivity contribution in [3.63, 3.8) is 0 Å². The van der Waals surface area contributed by atoms with Crippen molar-refractivity contribution in [1.82, 2.24) is 4.31 Å². The molecule has 1 aliphatic heterocycles. The topological polar surface area (TPSA) is 74.7 Å². The lowest BCUT2D eigenvalue weighted by Crippen LogP contribution is -2.50. The molecule has 1 unspecified atom stereocenters. The van der Waals surface area contributed by atoms with E-state index in [9.17, 15) is 18.3 Å². The molecule has 3 rings (SSSR count). The molecular formula is C17H14Cl2INO4S.